The molecule has 1 aromatic carbocycles. The lowest BCUT2D eigenvalue weighted by Gasteiger charge is -2.33. The summed E-state index contributed by atoms with van der Waals surface area (Å²) in [4.78, 5) is 32.2. The zero-order valence-electron chi connectivity index (χ0n) is 16.9. The van der Waals surface area contributed by atoms with Crippen molar-refractivity contribution in [2.24, 2.45) is 0 Å². The van der Waals surface area contributed by atoms with Crippen LogP contribution in [0.5, 0.6) is 17.5 Å². The molecule has 174 valence electrons. The minimum Gasteiger partial charge on any atom is -0.481 e. The number of alkyl halides is 3. The molecule has 32 heavy (non-hydrogen) atoms. The maximum Gasteiger partial charge on any atom is 0.460 e. The van der Waals surface area contributed by atoms with Crippen molar-refractivity contribution in [2.45, 2.75) is 18.8 Å². The van der Waals surface area contributed by atoms with E-state index in [0.717, 1.165) is 24.3 Å². The minimum absolute atomic E-state index is 0.0674. The summed E-state index contributed by atoms with van der Waals surface area (Å²) in [6.45, 7) is 0.802. The van der Waals surface area contributed by atoms with Gasteiger partial charge in [0, 0.05) is 0 Å². The molecular weight excluding hydrogens is 444 g/mol. The van der Waals surface area contributed by atoms with E-state index in [1.807, 2.05) is 5.32 Å². The third-order valence-corrected chi connectivity index (χ3v) is 3.66. The Morgan fingerprint density at radius 1 is 1.03 bits per heavy atom. The van der Waals surface area contributed by atoms with Gasteiger partial charge < -0.3 is 18.9 Å². The van der Waals surface area contributed by atoms with Crippen LogP contribution in [0.4, 0.5) is 28.3 Å². The van der Waals surface area contributed by atoms with Crippen molar-refractivity contribution in [2.75, 3.05) is 26.1 Å². The number of nitrogens with one attached hydrogen (secondary N) is 2. The summed E-state index contributed by atoms with van der Waals surface area (Å²) in [5.41, 5.74) is -3.98. The zero-order valence-corrected chi connectivity index (χ0v) is 16.9. The van der Waals surface area contributed by atoms with E-state index in [2.05, 4.69) is 14.7 Å². The number of aromatic nitrogens is 2. The van der Waals surface area contributed by atoms with Gasteiger partial charge in [-0.1, -0.05) is 0 Å². The van der Waals surface area contributed by atoms with E-state index in [4.69, 9.17) is 14.2 Å². The highest BCUT2D eigenvalue weighted by atomic mass is 19.4. The normalized spacial score (nSPS) is 12.8. The SMILES string of the molecule is CCOC(=O)C(NC(=O)Nc1nc(OC)cc(OC)n1)(Oc1ccc(F)cc1)C(F)(F)F. The lowest BCUT2D eigenvalue weighted by Crippen LogP contribution is -2.69. The highest BCUT2D eigenvalue weighted by Gasteiger charge is 2.66. The van der Waals surface area contributed by atoms with Gasteiger partial charge in [0.1, 0.15) is 11.6 Å². The largest absolute Gasteiger partial charge is 0.481 e. The number of carbonyl (C=O) groups is 2. The summed E-state index contributed by atoms with van der Waals surface area (Å²) in [6.07, 6.45) is -5.50. The highest BCUT2D eigenvalue weighted by Crippen LogP contribution is 2.34. The van der Waals surface area contributed by atoms with Crippen molar-refractivity contribution in [1.82, 2.24) is 15.3 Å². The Bertz CT molecular complexity index is 935. The molecular formula is C18H18F4N4O6. The Kier molecular flexibility index (Phi) is 7.62. The topological polar surface area (TPSA) is 121 Å². The van der Waals surface area contributed by atoms with Crippen molar-refractivity contribution < 1.29 is 46.1 Å². The van der Waals surface area contributed by atoms with Gasteiger partial charge in [-0.15, -0.1) is 0 Å². The second-order valence-electron chi connectivity index (χ2n) is 5.81. The molecule has 0 aliphatic heterocycles. The molecule has 0 saturated carbocycles. The number of hydrogen-bond donors (Lipinski definition) is 2. The predicted octanol–water partition coefficient (Wildman–Crippen LogP) is 2.66. The smallest absolute Gasteiger partial charge is 0.460 e. The van der Waals surface area contributed by atoms with Gasteiger partial charge in [-0.2, -0.15) is 23.1 Å². The number of rotatable bonds is 8. The molecule has 1 heterocycles. The zero-order chi connectivity index (χ0) is 23.9. The van der Waals surface area contributed by atoms with Crippen LogP contribution in [0.25, 0.3) is 0 Å². The molecule has 1 aromatic heterocycles. The fourth-order valence-electron chi connectivity index (χ4n) is 2.24. The molecule has 2 N–H and O–H groups in total. The summed E-state index contributed by atoms with van der Waals surface area (Å²) >= 11 is 0. The van der Waals surface area contributed by atoms with Gasteiger partial charge in [-0.3, -0.25) is 10.6 Å². The van der Waals surface area contributed by atoms with Gasteiger partial charge in [-0.25, -0.2) is 14.0 Å². The Morgan fingerprint density at radius 2 is 1.59 bits per heavy atom. The summed E-state index contributed by atoms with van der Waals surface area (Å²) < 4.78 is 74.3. The molecule has 0 fully saturated rings. The minimum atomic E-state index is -5.50. The molecule has 2 aromatic rings. The number of esters is 1. The quantitative estimate of drug-likeness (QED) is 0.349. The van der Waals surface area contributed by atoms with Gasteiger partial charge >= 0.3 is 23.9 Å². The van der Waals surface area contributed by atoms with E-state index < -0.39 is 48.0 Å². The predicted molar refractivity (Wildman–Crippen MR) is 99.7 cm³/mol. The van der Waals surface area contributed by atoms with Crippen LogP contribution in [0.1, 0.15) is 6.92 Å². The standard InChI is InChI=1S/C18H18F4N4O6/c1-4-31-14(27)17(18(20,21)22,32-11-7-5-10(19)6-8-11)26-16(28)25-15-23-12(29-2)9-13(24-15)30-3/h5-9H,4H2,1-3H3,(H2,23,24,25,26,28). The fraction of sp³-hybridized carbons (Fsp3) is 0.333. The number of urea groups is 1. The highest BCUT2D eigenvalue weighted by molar-refractivity contribution is 5.93. The summed E-state index contributed by atoms with van der Waals surface area (Å²) in [6, 6.07) is 2.96. The summed E-state index contributed by atoms with van der Waals surface area (Å²) in [5, 5.41) is 3.34. The molecule has 0 aliphatic rings. The monoisotopic (exact) mass is 462 g/mol. The first kappa shape index (κ1) is 24.4. The Hall–Kier alpha value is -3.84. The number of methoxy groups -OCH3 is 2. The van der Waals surface area contributed by atoms with E-state index >= 15 is 0 Å². The molecule has 10 nitrogen and oxygen atoms in total. The lowest BCUT2D eigenvalue weighted by molar-refractivity contribution is -0.259. The van der Waals surface area contributed by atoms with Crippen molar-refractivity contribution >= 4 is 17.9 Å². The molecule has 2 rings (SSSR count). The number of benzene rings is 1. The van der Waals surface area contributed by atoms with Crippen LogP contribution in [-0.4, -0.2) is 54.7 Å². The molecule has 0 radical (unpaired) electrons. The van der Waals surface area contributed by atoms with E-state index in [1.165, 1.54) is 32.5 Å². The first-order chi connectivity index (χ1) is 15.0. The number of hydrogen-bond acceptors (Lipinski definition) is 8. The molecule has 14 heteroatoms. The first-order valence-corrected chi connectivity index (χ1v) is 8.79. The molecule has 0 aliphatic carbocycles. The van der Waals surface area contributed by atoms with Crippen molar-refractivity contribution in [1.29, 1.82) is 0 Å². The first-order valence-electron chi connectivity index (χ1n) is 8.79. The Morgan fingerprint density at radius 3 is 2.06 bits per heavy atom. The van der Waals surface area contributed by atoms with Gasteiger partial charge in [0.15, 0.2) is 0 Å². The second kappa shape index (κ2) is 9.98. The third kappa shape index (κ3) is 5.65. The maximum absolute atomic E-state index is 14.0. The van der Waals surface area contributed by atoms with Crippen molar-refractivity contribution in [3.63, 3.8) is 0 Å². The number of carbonyl (C=O) groups excluding carboxylic acids is 2. The molecule has 0 spiro atoms. The molecule has 1 atom stereocenters. The van der Waals surface area contributed by atoms with E-state index in [1.54, 1.807) is 0 Å². The molecule has 1 unspecified atom stereocenters. The maximum atomic E-state index is 14.0. The van der Waals surface area contributed by atoms with Crippen molar-refractivity contribution in [3.8, 4) is 17.5 Å². The number of anilines is 1. The van der Waals surface area contributed by atoms with Crippen LogP contribution in [-0.2, 0) is 9.53 Å². The number of nitrogens with zero attached hydrogens (tertiary/aromatic N) is 2. The average Bonchev–Trinajstić information content (AvgIpc) is 2.73. The second-order valence-corrected chi connectivity index (χ2v) is 5.81. The summed E-state index contributed by atoms with van der Waals surface area (Å²) in [7, 11) is 2.50. The van der Waals surface area contributed by atoms with E-state index in [-0.39, 0.29) is 11.8 Å². The van der Waals surface area contributed by atoms with Crippen LogP contribution < -0.4 is 24.8 Å². The molecule has 0 bridgehead atoms. The summed E-state index contributed by atoms with van der Waals surface area (Å²) in [5.74, 6) is -3.93. The van der Waals surface area contributed by atoms with Crippen LogP contribution in [0, 0.1) is 5.82 Å². The lowest BCUT2D eigenvalue weighted by atomic mass is 10.2. The third-order valence-electron chi connectivity index (χ3n) is 3.66. The van der Waals surface area contributed by atoms with E-state index in [0.29, 0.717) is 0 Å². The fourth-order valence-corrected chi connectivity index (χ4v) is 2.24. The molecule has 2 amide bonds. The van der Waals surface area contributed by atoms with Gasteiger partial charge in [0.25, 0.3) is 0 Å². The molecule has 0 saturated heterocycles. The number of ether oxygens (including phenoxy) is 4. The Labute approximate surface area is 178 Å². The average molecular weight is 462 g/mol. The van der Waals surface area contributed by atoms with Gasteiger partial charge in [-0.05, 0) is 31.2 Å². The van der Waals surface area contributed by atoms with Crippen LogP contribution >= 0.6 is 0 Å². The van der Waals surface area contributed by atoms with Crippen LogP contribution in [0.15, 0.2) is 30.3 Å². The van der Waals surface area contributed by atoms with E-state index in [9.17, 15) is 27.2 Å². The van der Waals surface area contributed by atoms with Gasteiger partial charge in [0.2, 0.25) is 17.7 Å². The number of amides is 2. The van der Waals surface area contributed by atoms with Gasteiger partial charge in [0.05, 0.1) is 26.9 Å². The van der Waals surface area contributed by atoms with Crippen molar-refractivity contribution in [3.05, 3.63) is 36.1 Å². The van der Waals surface area contributed by atoms with Crippen LogP contribution in [0.2, 0.25) is 0 Å². The van der Waals surface area contributed by atoms with Crippen LogP contribution in [0.3, 0.4) is 0 Å². The number of halogens is 4. The Balaban J connectivity index is 2.41.